The first-order chi connectivity index (χ1) is 23.4. The van der Waals surface area contributed by atoms with E-state index in [1.54, 1.807) is 0 Å². The molecule has 0 atom stereocenters. The number of hydrogen-bond donors (Lipinski definition) is 0. The largest absolute Gasteiger partial charge is 0.307 e. The van der Waals surface area contributed by atoms with Crippen molar-refractivity contribution in [2.45, 2.75) is 27.7 Å². The Hall–Kier alpha value is -6.00. The first-order valence-electron chi connectivity index (χ1n) is 16.5. The summed E-state index contributed by atoms with van der Waals surface area (Å²) in [5, 5.41) is 4.76. The molecule has 0 N–H and O–H groups in total. The van der Waals surface area contributed by atoms with Gasteiger partial charge in [0.25, 0.3) is 0 Å². The number of rotatable bonds is 4. The van der Waals surface area contributed by atoms with Crippen molar-refractivity contribution in [1.29, 1.82) is 0 Å². The van der Waals surface area contributed by atoms with Gasteiger partial charge in [-0.1, -0.05) is 101 Å². The summed E-state index contributed by atoms with van der Waals surface area (Å²) in [6, 6.07) is 48.0. The molecule has 6 aromatic carbocycles. The fourth-order valence-corrected chi connectivity index (χ4v) is 7.63. The summed E-state index contributed by atoms with van der Waals surface area (Å²) in [6.45, 7) is 8.59. The molecule has 0 unspecified atom stereocenters. The van der Waals surface area contributed by atoms with Gasteiger partial charge in [-0.25, -0.2) is 9.97 Å². The lowest BCUT2D eigenvalue weighted by atomic mass is 10.0. The third kappa shape index (κ3) is 4.44. The van der Waals surface area contributed by atoms with Gasteiger partial charge in [0.05, 0.1) is 33.5 Å². The van der Waals surface area contributed by atoms with Crippen LogP contribution in [0.4, 0.5) is 0 Å². The first-order valence-corrected chi connectivity index (χ1v) is 16.5. The van der Waals surface area contributed by atoms with E-state index in [1.807, 2.05) is 0 Å². The summed E-state index contributed by atoms with van der Waals surface area (Å²) < 4.78 is 4.70. The topological polar surface area (TPSA) is 35.6 Å². The van der Waals surface area contributed by atoms with E-state index in [2.05, 4.69) is 170 Å². The van der Waals surface area contributed by atoms with E-state index in [-0.39, 0.29) is 0 Å². The predicted molar refractivity (Wildman–Crippen MR) is 201 cm³/mol. The molecule has 0 aliphatic rings. The van der Waals surface area contributed by atoms with Crippen molar-refractivity contribution in [1.82, 2.24) is 19.1 Å². The van der Waals surface area contributed by atoms with Crippen LogP contribution in [-0.2, 0) is 0 Å². The van der Waals surface area contributed by atoms with Crippen molar-refractivity contribution in [2.75, 3.05) is 0 Å². The zero-order valence-electron chi connectivity index (χ0n) is 27.5. The van der Waals surface area contributed by atoms with Gasteiger partial charge in [0.2, 0.25) is 5.95 Å². The molecular weight excluding hydrogens is 585 g/mol. The van der Waals surface area contributed by atoms with Crippen LogP contribution >= 0.6 is 0 Å². The lowest BCUT2D eigenvalue weighted by Gasteiger charge is -2.14. The van der Waals surface area contributed by atoms with Gasteiger partial charge < -0.3 is 4.57 Å². The molecule has 0 aliphatic heterocycles. The molecule has 0 saturated heterocycles. The Bertz CT molecular complexity index is 2600. The quantitative estimate of drug-likeness (QED) is 0.197. The highest BCUT2D eigenvalue weighted by molar-refractivity contribution is 6.23. The molecule has 0 aliphatic carbocycles. The third-order valence-corrected chi connectivity index (χ3v) is 9.43. The van der Waals surface area contributed by atoms with Crippen LogP contribution < -0.4 is 0 Å². The van der Waals surface area contributed by atoms with Crippen molar-refractivity contribution in [3.63, 3.8) is 0 Å². The minimum atomic E-state index is 0.657. The van der Waals surface area contributed by atoms with Gasteiger partial charge in [-0.05, 0) is 82.3 Å². The second-order valence-electron chi connectivity index (χ2n) is 13.1. The molecule has 0 bridgehead atoms. The molecule has 0 fully saturated rings. The number of fused-ring (bicyclic) bond motifs is 7. The molecule has 48 heavy (non-hydrogen) atoms. The van der Waals surface area contributed by atoms with Gasteiger partial charge in [-0.3, -0.25) is 4.57 Å². The first kappa shape index (κ1) is 28.2. The Morgan fingerprint density at radius 3 is 1.35 bits per heavy atom. The van der Waals surface area contributed by atoms with Crippen LogP contribution in [-0.4, -0.2) is 19.1 Å². The second-order valence-corrected chi connectivity index (χ2v) is 13.1. The smallest absolute Gasteiger partial charge is 0.235 e. The van der Waals surface area contributed by atoms with Crippen LogP contribution in [0.5, 0.6) is 0 Å². The van der Waals surface area contributed by atoms with Crippen molar-refractivity contribution in [3.05, 3.63) is 156 Å². The SMILES string of the molecule is Cc1cc(C)cc(-c2cc(-c3cc(C)cc(C)c3)nc(-n3c4ccccc4c4ccc5c6ccccc6n(-c6ccccc6)c5c43)n2)c1. The molecule has 4 nitrogen and oxygen atoms in total. The minimum absolute atomic E-state index is 0.657. The maximum atomic E-state index is 5.40. The number of aryl methyl sites for hydroxylation is 4. The van der Waals surface area contributed by atoms with Crippen LogP contribution in [0.2, 0.25) is 0 Å². The zero-order valence-corrected chi connectivity index (χ0v) is 27.5. The number of hydrogen-bond acceptors (Lipinski definition) is 2. The summed E-state index contributed by atoms with van der Waals surface area (Å²) in [5.41, 5.74) is 14.4. The molecule has 3 heterocycles. The minimum Gasteiger partial charge on any atom is -0.307 e. The average Bonchev–Trinajstić information content (AvgIpc) is 3.61. The average molecular weight is 619 g/mol. The van der Waals surface area contributed by atoms with Crippen LogP contribution in [0.25, 0.3) is 77.8 Å². The Labute approximate surface area is 279 Å². The van der Waals surface area contributed by atoms with Gasteiger partial charge in [-0.2, -0.15) is 0 Å². The summed E-state index contributed by atoms with van der Waals surface area (Å²) in [5.74, 6) is 0.657. The number of nitrogens with zero attached hydrogens (tertiary/aromatic N) is 4. The molecule has 0 spiro atoms. The standard InChI is InChI=1S/C44H34N4/c1-27-20-28(2)23-31(22-27)38-26-39(32-24-29(3)21-30(4)25-32)46-44(45-38)48-41-17-11-9-15-35(41)37-19-18-36-34-14-8-10-16-40(34)47(42(36)43(37)48)33-12-6-5-7-13-33/h5-26H,1-4H3. The number of aromatic nitrogens is 4. The summed E-state index contributed by atoms with van der Waals surface area (Å²) in [4.78, 5) is 10.8. The van der Waals surface area contributed by atoms with Crippen LogP contribution in [0, 0.1) is 27.7 Å². The highest BCUT2D eigenvalue weighted by Gasteiger charge is 2.23. The Morgan fingerprint density at radius 1 is 0.396 bits per heavy atom. The molecule has 0 radical (unpaired) electrons. The highest BCUT2D eigenvalue weighted by Crippen LogP contribution is 2.41. The fraction of sp³-hybridized carbons (Fsp3) is 0.0909. The van der Waals surface area contributed by atoms with Crippen molar-refractivity contribution in [2.24, 2.45) is 0 Å². The summed E-state index contributed by atoms with van der Waals surface area (Å²) >= 11 is 0. The van der Waals surface area contributed by atoms with Crippen molar-refractivity contribution < 1.29 is 0 Å². The molecular formula is C44H34N4. The summed E-state index contributed by atoms with van der Waals surface area (Å²) in [6.07, 6.45) is 0. The molecule has 9 aromatic rings. The Morgan fingerprint density at radius 2 is 0.833 bits per heavy atom. The Kier molecular flexibility index (Phi) is 6.34. The molecule has 9 rings (SSSR count). The van der Waals surface area contributed by atoms with Crippen LogP contribution in [0.15, 0.2) is 133 Å². The fourth-order valence-electron chi connectivity index (χ4n) is 7.63. The van der Waals surface area contributed by atoms with E-state index in [4.69, 9.17) is 9.97 Å². The van der Waals surface area contributed by atoms with Gasteiger partial charge in [0, 0.05) is 38.4 Å². The lowest BCUT2D eigenvalue weighted by Crippen LogP contribution is -2.05. The van der Waals surface area contributed by atoms with E-state index in [1.165, 1.54) is 49.3 Å². The van der Waals surface area contributed by atoms with E-state index in [0.29, 0.717) is 5.95 Å². The molecule has 230 valence electrons. The maximum Gasteiger partial charge on any atom is 0.235 e. The number of para-hydroxylation sites is 3. The zero-order chi connectivity index (χ0) is 32.5. The monoisotopic (exact) mass is 618 g/mol. The van der Waals surface area contributed by atoms with Gasteiger partial charge in [0.15, 0.2) is 0 Å². The van der Waals surface area contributed by atoms with E-state index in [9.17, 15) is 0 Å². The summed E-state index contributed by atoms with van der Waals surface area (Å²) in [7, 11) is 0. The number of benzene rings is 6. The predicted octanol–water partition coefficient (Wildman–Crippen LogP) is 11.2. The lowest BCUT2D eigenvalue weighted by molar-refractivity contribution is 0.994. The van der Waals surface area contributed by atoms with E-state index < -0.39 is 0 Å². The molecule has 0 amide bonds. The third-order valence-electron chi connectivity index (χ3n) is 9.43. The second kappa shape index (κ2) is 10.8. The highest BCUT2D eigenvalue weighted by atomic mass is 15.2. The van der Waals surface area contributed by atoms with Crippen LogP contribution in [0.1, 0.15) is 22.3 Å². The normalized spacial score (nSPS) is 11.8. The molecule has 3 aromatic heterocycles. The molecule has 4 heteroatoms. The van der Waals surface area contributed by atoms with Crippen LogP contribution in [0.3, 0.4) is 0 Å². The maximum absolute atomic E-state index is 5.40. The van der Waals surface area contributed by atoms with E-state index >= 15 is 0 Å². The van der Waals surface area contributed by atoms with Gasteiger partial charge in [-0.15, -0.1) is 0 Å². The van der Waals surface area contributed by atoms with Crippen molar-refractivity contribution in [3.8, 4) is 34.2 Å². The van der Waals surface area contributed by atoms with Gasteiger partial charge >= 0.3 is 0 Å². The molecule has 0 saturated carbocycles. The van der Waals surface area contributed by atoms with Crippen molar-refractivity contribution >= 4 is 43.6 Å². The van der Waals surface area contributed by atoms with E-state index in [0.717, 1.165) is 44.8 Å². The Balaban J connectivity index is 1.47. The van der Waals surface area contributed by atoms with Gasteiger partial charge in [0.1, 0.15) is 0 Å².